The number of thiophene rings is 1. The Balaban J connectivity index is 2.09. The summed E-state index contributed by atoms with van der Waals surface area (Å²) in [4.78, 5) is 13.5. The number of rotatable bonds is 5. The van der Waals surface area contributed by atoms with E-state index in [0.717, 1.165) is 14.7 Å². The summed E-state index contributed by atoms with van der Waals surface area (Å²) in [5, 5.41) is 11.1. The van der Waals surface area contributed by atoms with Gasteiger partial charge in [-0.2, -0.15) is 4.31 Å². The number of sulfonamides is 1. The minimum absolute atomic E-state index is 0.0482. The van der Waals surface area contributed by atoms with Crippen molar-refractivity contribution in [1.82, 2.24) is 9.79 Å². The highest BCUT2D eigenvalue weighted by atomic mass is 32.2. The molecule has 1 aliphatic heterocycles. The molecule has 2 unspecified atom stereocenters. The molecular formula is C18H20N2O5S2. The molecule has 3 rings (SSSR count). The van der Waals surface area contributed by atoms with Gasteiger partial charge < -0.3 is 4.74 Å². The van der Waals surface area contributed by atoms with Crippen LogP contribution in [0.4, 0.5) is 0 Å². The number of ether oxygens (including phenoxy) is 1. The summed E-state index contributed by atoms with van der Waals surface area (Å²) in [6, 6.07) is 6.70. The Bertz CT molecular complexity index is 937. The van der Waals surface area contributed by atoms with Crippen molar-refractivity contribution >= 4 is 27.3 Å². The lowest BCUT2D eigenvalue weighted by molar-refractivity contribution is -0.133. The molecule has 2 aromatic rings. The molecule has 9 heteroatoms. The Morgan fingerprint density at radius 3 is 2.67 bits per heavy atom. The minimum Gasteiger partial charge on any atom is -0.497 e. The summed E-state index contributed by atoms with van der Waals surface area (Å²) in [6.45, 7) is 3.90. The molecule has 0 fully saturated rings. The lowest BCUT2D eigenvalue weighted by atomic mass is 9.92. The van der Waals surface area contributed by atoms with E-state index in [1.54, 1.807) is 23.7 Å². The molecule has 0 saturated carbocycles. The van der Waals surface area contributed by atoms with E-state index in [4.69, 9.17) is 4.74 Å². The van der Waals surface area contributed by atoms with Crippen LogP contribution in [-0.2, 0) is 21.2 Å². The molecule has 0 aliphatic carbocycles. The molecule has 2 heterocycles. The van der Waals surface area contributed by atoms with Crippen LogP contribution in [0.1, 0.15) is 16.4 Å². The number of hydrogen-bond donors (Lipinski definition) is 2. The first-order valence-electron chi connectivity index (χ1n) is 8.22. The summed E-state index contributed by atoms with van der Waals surface area (Å²) >= 11 is 1.51. The van der Waals surface area contributed by atoms with Crippen molar-refractivity contribution < 1.29 is 23.2 Å². The molecule has 1 aromatic heterocycles. The van der Waals surface area contributed by atoms with Crippen LogP contribution in [0.3, 0.4) is 0 Å². The summed E-state index contributed by atoms with van der Waals surface area (Å²) in [5.41, 5.74) is 2.47. The number of nitrogens with zero attached hydrogens (tertiary/aromatic N) is 1. The molecule has 2 atom stereocenters. The Labute approximate surface area is 161 Å². The zero-order chi connectivity index (χ0) is 19.6. The number of nitrogens with one attached hydrogen (secondary N) is 1. The van der Waals surface area contributed by atoms with Gasteiger partial charge in [-0.05, 0) is 47.7 Å². The number of methoxy groups -OCH3 is 1. The van der Waals surface area contributed by atoms with Gasteiger partial charge in [0.05, 0.1) is 12.0 Å². The fraction of sp³-hybridized carbons (Fsp3) is 0.278. The number of amides is 1. The van der Waals surface area contributed by atoms with E-state index in [2.05, 4.69) is 6.58 Å². The lowest BCUT2D eigenvalue weighted by Crippen LogP contribution is -2.51. The Morgan fingerprint density at radius 2 is 2.07 bits per heavy atom. The Hall–Kier alpha value is -2.20. The molecule has 27 heavy (non-hydrogen) atoms. The Morgan fingerprint density at radius 1 is 1.37 bits per heavy atom. The van der Waals surface area contributed by atoms with Crippen LogP contribution in [0.2, 0.25) is 0 Å². The van der Waals surface area contributed by atoms with Crippen molar-refractivity contribution in [2.75, 3.05) is 13.7 Å². The highest BCUT2D eigenvalue weighted by molar-refractivity contribution is 7.89. The summed E-state index contributed by atoms with van der Waals surface area (Å²) in [7, 11) is -2.50. The van der Waals surface area contributed by atoms with Gasteiger partial charge in [-0.3, -0.25) is 10.0 Å². The number of fused-ring (bicyclic) bond motifs is 1. The normalized spacial score (nSPS) is 20.4. The number of hydrogen-bond acceptors (Lipinski definition) is 6. The number of carbonyl (C=O) groups excluding carboxylic acids is 1. The van der Waals surface area contributed by atoms with Crippen LogP contribution in [0.5, 0.6) is 5.75 Å². The first-order chi connectivity index (χ1) is 12.9. The Kier molecular flexibility index (Phi) is 5.66. The fourth-order valence-electron chi connectivity index (χ4n) is 3.32. The van der Waals surface area contributed by atoms with Crippen LogP contribution < -0.4 is 10.2 Å². The molecule has 1 aliphatic rings. The van der Waals surface area contributed by atoms with Crippen LogP contribution in [0.25, 0.3) is 0 Å². The number of carbonyl (C=O) groups is 1. The zero-order valence-corrected chi connectivity index (χ0v) is 16.3. The van der Waals surface area contributed by atoms with Crippen LogP contribution in [-0.4, -0.2) is 43.5 Å². The quantitative estimate of drug-likeness (QED) is 0.449. The van der Waals surface area contributed by atoms with Crippen molar-refractivity contribution in [3.63, 3.8) is 0 Å². The van der Waals surface area contributed by atoms with E-state index >= 15 is 0 Å². The standard InChI is InChI=1S/C18H20N2O5S2/c1-3-14-15-9-11-26-16(15)8-10-20(17(14)18(21)19-22)27(23,24)13-6-4-12(25-2)5-7-13/h3-7,9,11,14,17,22H,1,8,10H2,2H3,(H,19,21). The third-order valence-corrected chi connectivity index (χ3v) is 7.54. The van der Waals surface area contributed by atoms with Crippen molar-refractivity contribution in [2.24, 2.45) is 0 Å². The molecule has 1 aromatic carbocycles. The SMILES string of the molecule is C=CC1c2ccsc2CCN(S(=O)(=O)c2ccc(OC)cc2)C1C(=O)NO. The molecule has 0 bridgehead atoms. The topological polar surface area (TPSA) is 95.9 Å². The maximum Gasteiger partial charge on any atom is 0.262 e. The molecule has 144 valence electrons. The minimum atomic E-state index is -3.99. The first-order valence-corrected chi connectivity index (χ1v) is 10.5. The van der Waals surface area contributed by atoms with Crippen molar-refractivity contribution in [1.29, 1.82) is 0 Å². The van der Waals surface area contributed by atoms with Gasteiger partial charge in [0.2, 0.25) is 10.0 Å². The molecule has 1 amide bonds. The molecule has 0 spiro atoms. The van der Waals surface area contributed by atoms with Crippen LogP contribution in [0, 0.1) is 0 Å². The van der Waals surface area contributed by atoms with Crippen LogP contribution in [0.15, 0.2) is 53.3 Å². The highest BCUT2D eigenvalue weighted by Crippen LogP contribution is 2.37. The average Bonchev–Trinajstić information content (AvgIpc) is 3.08. The van der Waals surface area contributed by atoms with Crippen molar-refractivity contribution in [2.45, 2.75) is 23.3 Å². The van der Waals surface area contributed by atoms with Crippen LogP contribution >= 0.6 is 11.3 Å². The third-order valence-electron chi connectivity index (χ3n) is 4.65. The van der Waals surface area contributed by atoms with E-state index in [9.17, 15) is 18.4 Å². The van der Waals surface area contributed by atoms with Gasteiger partial charge in [0.15, 0.2) is 0 Å². The van der Waals surface area contributed by atoms with Gasteiger partial charge in [-0.25, -0.2) is 13.9 Å². The van der Waals surface area contributed by atoms with E-state index in [0.29, 0.717) is 12.2 Å². The van der Waals surface area contributed by atoms with E-state index in [-0.39, 0.29) is 11.4 Å². The lowest BCUT2D eigenvalue weighted by Gasteiger charge is -2.31. The summed E-state index contributed by atoms with van der Waals surface area (Å²) in [5.74, 6) is -0.842. The number of benzene rings is 1. The molecule has 0 radical (unpaired) electrons. The van der Waals surface area contributed by atoms with Gasteiger partial charge in [-0.1, -0.05) is 6.08 Å². The molecular weight excluding hydrogens is 388 g/mol. The second-order valence-corrected chi connectivity index (χ2v) is 8.91. The predicted molar refractivity (Wildman–Crippen MR) is 102 cm³/mol. The van der Waals surface area contributed by atoms with Gasteiger partial charge in [0.1, 0.15) is 11.8 Å². The molecule has 0 saturated heterocycles. The van der Waals surface area contributed by atoms with Gasteiger partial charge >= 0.3 is 0 Å². The molecule has 7 nitrogen and oxygen atoms in total. The monoisotopic (exact) mass is 408 g/mol. The van der Waals surface area contributed by atoms with Gasteiger partial charge in [0.25, 0.3) is 5.91 Å². The molecule has 2 N–H and O–H groups in total. The van der Waals surface area contributed by atoms with E-state index in [1.807, 2.05) is 11.4 Å². The van der Waals surface area contributed by atoms with Gasteiger partial charge in [-0.15, -0.1) is 17.9 Å². The van der Waals surface area contributed by atoms with Crippen molar-refractivity contribution in [3.05, 3.63) is 58.8 Å². The zero-order valence-electron chi connectivity index (χ0n) is 14.7. The van der Waals surface area contributed by atoms with Gasteiger partial charge in [0, 0.05) is 17.3 Å². The first kappa shape index (κ1) is 19.6. The number of hydroxylamine groups is 1. The van der Waals surface area contributed by atoms with E-state index in [1.165, 1.54) is 30.6 Å². The summed E-state index contributed by atoms with van der Waals surface area (Å²) < 4.78 is 32.8. The van der Waals surface area contributed by atoms with E-state index < -0.39 is 27.9 Å². The maximum atomic E-state index is 13.3. The predicted octanol–water partition coefficient (Wildman–Crippen LogP) is 2.15. The summed E-state index contributed by atoms with van der Waals surface area (Å²) in [6.07, 6.45) is 2.02. The van der Waals surface area contributed by atoms with Crippen molar-refractivity contribution in [3.8, 4) is 5.75 Å². The third kappa shape index (κ3) is 3.51. The average molecular weight is 409 g/mol. The second kappa shape index (κ2) is 7.81. The smallest absolute Gasteiger partial charge is 0.262 e. The highest BCUT2D eigenvalue weighted by Gasteiger charge is 2.43. The maximum absolute atomic E-state index is 13.3. The second-order valence-electron chi connectivity index (χ2n) is 6.02. The fourth-order valence-corrected chi connectivity index (χ4v) is 5.86. The largest absolute Gasteiger partial charge is 0.497 e.